The highest BCUT2D eigenvalue weighted by Crippen LogP contribution is 2.26. The molecule has 5 nitrogen and oxygen atoms in total. The first-order valence-corrected chi connectivity index (χ1v) is 7.87. The molecule has 5 heteroatoms. The van der Waals surface area contributed by atoms with E-state index >= 15 is 0 Å². The molecule has 122 valence electrons. The fourth-order valence-corrected chi connectivity index (χ4v) is 2.76. The maximum atomic E-state index is 13.1. The van der Waals surface area contributed by atoms with Gasteiger partial charge in [0.05, 0.1) is 5.52 Å². The molecule has 24 heavy (non-hydrogen) atoms. The summed E-state index contributed by atoms with van der Waals surface area (Å²) in [6.45, 7) is 6.03. The zero-order valence-electron chi connectivity index (χ0n) is 13.6. The average Bonchev–Trinajstić information content (AvgIpc) is 3.05. The maximum Gasteiger partial charge on any atom is 0.241 e. The Balaban J connectivity index is 2.07. The Labute approximate surface area is 140 Å². The second kappa shape index (κ2) is 6.76. The van der Waals surface area contributed by atoms with Crippen LogP contribution in [0.4, 0.5) is 0 Å². The summed E-state index contributed by atoms with van der Waals surface area (Å²) in [6, 6.07) is 17.0. The molecule has 3 aromatic rings. The van der Waals surface area contributed by atoms with Crippen LogP contribution in [0.3, 0.4) is 0 Å². The van der Waals surface area contributed by atoms with Crippen molar-refractivity contribution in [2.24, 2.45) is 0 Å². The molecule has 0 aliphatic heterocycles. The van der Waals surface area contributed by atoms with Gasteiger partial charge >= 0.3 is 0 Å². The highest BCUT2D eigenvalue weighted by molar-refractivity contribution is 5.90. The fraction of sp³-hybridized carbons (Fsp3) is 0.211. The third-order valence-corrected chi connectivity index (χ3v) is 3.91. The summed E-state index contributed by atoms with van der Waals surface area (Å²) in [5.74, 6) is -0.138. The van der Waals surface area contributed by atoms with Crippen molar-refractivity contribution in [2.45, 2.75) is 19.1 Å². The van der Waals surface area contributed by atoms with Gasteiger partial charge < -0.3 is 4.74 Å². The fourth-order valence-electron chi connectivity index (χ4n) is 2.76. The van der Waals surface area contributed by atoms with Crippen LogP contribution in [0.5, 0.6) is 0 Å². The second-order valence-electron chi connectivity index (χ2n) is 5.41. The Morgan fingerprint density at radius 2 is 1.92 bits per heavy atom. The van der Waals surface area contributed by atoms with Crippen LogP contribution in [0.2, 0.25) is 0 Å². The lowest BCUT2D eigenvalue weighted by Crippen LogP contribution is -2.44. The Hall–Kier alpha value is -2.79. The van der Waals surface area contributed by atoms with Crippen LogP contribution in [0.15, 0.2) is 67.3 Å². The molecule has 0 saturated carbocycles. The Morgan fingerprint density at radius 1 is 1.21 bits per heavy atom. The largest absolute Gasteiger partial charge is 0.344 e. The summed E-state index contributed by atoms with van der Waals surface area (Å²) in [5, 5.41) is 8.31. The highest BCUT2D eigenvalue weighted by Gasteiger charge is 2.40. The average molecular weight is 321 g/mol. The Morgan fingerprint density at radius 3 is 2.62 bits per heavy atom. The summed E-state index contributed by atoms with van der Waals surface area (Å²) in [4.78, 5) is 13.1. The molecule has 0 spiro atoms. The number of para-hydroxylation sites is 1. The van der Waals surface area contributed by atoms with Crippen LogP contribution >= 0.6 is 0 Å². The third-order valence-electron chi connectivity index (χ3n) is 3.91. The van der Waals surface area contributed by atoms with Gasteiger partial charge in [-0.1, -0.05) is 54.3 Å². The molecule has 1 heterocycles. The molecule has 0 amide bonds. The van der Waals surface area contributed by atoms with E-state index in [4.69, 9.17) is 4.74 Å². The minimum atomic E-state index is -1.37. The Bertz CT molecular complexity index is 857. The number of ether oxygens (including phenoxy) is 1. The van der Waals surface area contributed by atoms with Crippen molar-refractivity contribution in [2.75, 3.05) is 6.61 Å². The number of hydrogen-bond donors (Lipinski definition) is 0. The third kappa shape index (κ3) is 2.74. The number of fused-ring (bicyclic) bond motifs is 1. The normalized spacial score (nSPS) is 13.5. The van der Waals surface area contributed by atoms with Crippen molar-refractivity contribution in [3.63, 3.8) is 0 Å². The zero-order valence-corrected chi connectivity index (χ0v) is 13.6. The van der Waals surface area contributed by atoms with Crippen molar-refractivity contribution in [1.82, 2.24) is 15.0 Å². The molecule has 0 saturated heterocycles. The van der Waals surface area contributed by atoms with Gasteiger partial charge in [0.25, 0.3) is 0 Å². The van der Waals surface area contributed by atoms with E-state index in [2.05, 4.69) is 16.9 Å². The molecule has 3 rings (SSSR count). The van der Waals surface area contributed by atoms with Crippen LogP contribution in [-0.4, -0.2) is 27.4 Å². The monoisotopic (exact) mass is 321 g/mol. The number of nitrogens with zero attached hydrogens (tertiary/aromatic N) is 3. The topological polar surface area (TPSA) is 57.0 Å². The lowest BCUT2D eigenvalue weighted by atomic mass is 10.00. The minimum Gasteiger partial charge on any atom is -0.344 e. The number of aromatic nitrogens is 3. The first kappa shape index (κ1) is 16.1. The number of Topliss-reactive ketones (excluding diaryl/α,β-unsaturated/α-hetero) is 1. The molecular formula is C19H19N3O2. The van der Waals surface area contributed by atoms with Crippen molar-refractivity contribution >= 4 is 16.8 Å². The van der Waals surface area contributed by atoms with Gasteiger partial charge in [-0.25, -0.2) is 4.68 Å². The molecule has 1 aromatic heterocycles. The number of carbonyl (C=O) groups excluding carboxylic acids is 1. The van der Waals surface area contributed by atoms with E-state index in [0.717, 1.165) is 11.1 Å². The molecule has 1 atom stereocenters. The van der Waals surface area contributed by atoms with Gasteiger partial charge in [-0.05, 0) is 30.7 Å². The van der Waals surface area contributed by atoms with Crippen molar-refractivity contribution in [3.05, 3.63) is 72.8 Å². The van der Waals surface area contributed by atoms with Crippen LogP contribution < -0.4 is 0 Å². The first-order chi connectivity index (χ1) is 11.7. The first-order valence-electron chi connectivity index (χ1n) is 7.87. The molecule has 0 fully saturated rings. The van der Waals surface area contributed by atoms with Gasteiger partial charge in [0, 0.05) is 13.0 Å². The summed E-state index contributed by atoms with van der Waals surface area (Å²) >= 11 is 0. The van der Waals surface area contributed by atoms with E-state index in [1.165, 1.54) is 10.8 Å². The quantitative estimate of drug-likeness (QED) is 0.627. The Kier molecular flexibility index (Phi) is 4.53. The molecular weight excluding hydrogens is 302 g/mol. The van der Waals surface area contributed by atoms with Crippen molar-refractivity contribution < 1.29 is 9.53 Å². The summed E-state index contributed by atoms with van der Waals surface area (Å²) in [6.07, 6.45) is 1.73. The van der Waals surface area contributed by atoms with Crippen LogP contribution in [0, 0.1) is 0 Å². The summed E-state index contributed by atoms with van der Waals surface area (Å²) in [5.41, 5.74) is 0.974. The second-order valence-corrected chi connectivity index (χ2v) is 5.41. The molecule has 2 aromatic carbocycles. The van der Waals surface area contributed by atoms with Crippen LogP contribution in [-0.2, 0) is 21.7 Å². The molecule has 0 radical (unpaired) electrons. The molecule has 0 aliphatic rings. The number of rotatable bonds is 7. The SMILES string of the molecule is C=CC(OCC)(C(=O)Cc1ccccc1)n1nnc2ccccc21. The smallest absolute Gasteiger partial charge is 0.241 e. The van der Waals surface area contributed by atoms with Gasteiger partial charge in [0.15, 0.2) is 5.78 Å². The van der Waals surface area contributed by atoms with Gasteiger partial charge in [-0.3, -0.25) is 4.79 Å². The van der Waals surface area contributed by atoms with E-state index in [0.29, 0.717) is 12.1 Å². The van der Waals surface area contributed by atoms with Gasteiger partial charge in [-0.2, -0.15) is 0 Å². The van der Waals surface area contributed by atoms with Crippen LogP contribution in [0.1, 0.15) is 12.5 Å². The van der Waals surface area contributed by atoms with Crippen molar-refractivity contribution in [3.8, 4) is 0 Å². The minimum absolute atomic E-state index is 0.138. The predicted molar refractivity (Wildman–Crippen MR) is 92.5 cm³/mol. The molecule has 0 aliphatic carbocycles. The van der Waals surface area contributed by atoms with E-state index in [9.17, 15) is 4.79 Å². The molecule has 1 unspecified atom stereocenters. The lowest BCUT2D eigenvalue weighted by Gasteiger charge is -2.29. The summed E-state index contributed by atoms with van der Waals surface area (Å²) < 4.78 is 7.38. The number of ketones is 1. The van der Waals surface area contributed by atoms with E-state index < -0.39 is 5.72 Å². The van der Waals surface area contributed by atoms with Gasteiger partial charge in [0.1, 0.15) is 5.52 Å². The highest BCUT2D eigenvalue weighted by atomic mass is 16.5. The predicted octanol–water partition coefficient (Wildman–Crippen LogP) is 3.12. The number of carbonyl (C=O) groups is 1. The van der Waals surface area contributed by atoms with Gasteiger partial charge in [0.2, 0.25) is 5.72 Å². The van der Waals surface area contributed by atoms with E-state index in [-0.39, 0.29) is 12.2 Å². The molecule has 0 bridgehead atoms. The van der Waals surface area contributed by atoms with E-state index in [1.54, 1.807) is 0 Å². The van der Waals surface area contributed by atoms with E-state index in [1.807, 2.05) is 61.5 Å². The molecule has 0 N–H and O–H groups in total. The maximum absolute atomic E-state index is 13.1. The summed E-state index contributed by atoms with van der Waals surface area (Å²) in [7, 11) is 0. The van der Waals surface area contributed by atoms with Crippen molar-refractivity contribution in [1.29, 1.82) is 0 Å². The zero-order chi connectivity index (χ0) is 17.0. The number of benzene rings is 2. The standard InChI is InChI=1S/C19H19N3O2/c1-3-19(24-4-2,18(23)14-15-10-6-5-7-11-15)22-17-13-9-8-12-16(17)20-21-22/h3,5-13H,1,4,14H2,2H3. The number of hydrogen-bond acceptors (Lipinski definition) is 4. The van der Waals surface area contributed by atoms with Gasteiger partial charge in [-0.15, -0.1) is 5.10 Å². The lowest BCUT2D eigenvalue weighted by molar-refractivity contribution is -0.150. The van der Waals surface area contributed by atoms with Crippen LogP contribution in [0.25, 0.3) is 11.0 Å².